The summed E-state index contributed by atoms with van der Waals surface area (Å²) in [5.74, 6) is -0.263. The van der Waals surface area contributed by atoms with Crippen molar-refractivity contribution < 1.29 is 26.2 Å². The standard InChI is InChI=1S/C12H12F3N5O3S/c1-24(21,22)17-6-9-10(20-23-19-9)11(16)18-8-4-2-3-7(5-8)12(13,14)15/h2-5,17H,6H2,1H3,(H2,16,18). The minimum Gasteiger partial charge on any atom is -0.382 e. The number of sulfonamides is 1. The van der Waals surface area contributed by atoms with Gasteiger partial charge in [0.1, 0.15) is 5.69 Å². The molecule has 0 unspecified atom stereocenters. The summed E-state index contributed by atoms with van der Waals surface area (Å²) >= 11 is 0. The van der Waals surface area contributed by atoms with Crippen LogP contribution in [0.1, 0.15) is 17.0 Å². The first kappa shape index (κ1) is 17.9. The van der Waals surface area contributed by atoms with Gasteiger partial charge in [0.15, 0.2) is 11.5 Å². The molecule has 0 spiro atoms. The number of nitrogens with two attached hydrogens (primary N) is 1. The van der Waals surface area contributed by atoms with E-state index in [0.717, 1.165) is 18.4 Å². The van der Waals surface area contributed by atoms with Gasteiger partial charge in [-0.25, -0.2) is 22.8 Å². The van der Waals surface area contributed by atoms with Crippen molar-refractivity contribution in [1.29, 1.82) is 0 Å². The predicted molar refractivity (Wildman–Crippen MR) is 77.8 cm³/mol. The number of nitrogens with zero attached hydrogens (tertiary/aromatic N) is 3. The Morgan fingerprint density at radius 3 is 2.71 bits per heavy atom. The molecular formula is C12H12F3N5O3S. The first-order valence-corrected chi connectivity index (χ1v) is 8.23. The molecule has 1 aromatic carbocycles. The molecule has 1 heterocycles. The topological polar surface area (TPSA) is 123 Å². The summed E-state index contributed by atoms with van der Waals surface area (Å²) in [5, 5.41) is 6.97. The number of amidine groups is 1. The third-order valence-corrected chi connectivity index (χ3v) is 3.39. The lowest BCUT2D eigenvalue weighted by Crippen LogP contribution is -2.24. The van der Waals surface area contributed by atoms with Crippen LogP contribution in [0.15, 0.2) is 33.9 Å². The highest BCUT2D eigenvalue weighted by Gasteiger charge is 2.30. The van der Waals surface area contributed by atoms with Gasteiger partial charge < -0.3 is 5.73 Å². The fourth-order valence-corrected chi connectivity index (χ4v) is 2.06. The van der Waals surface area contributed by atoms with E-state index in [4.69, 9.17) is 5.73 Å². The lowest BCUT2D eigenvalue weighted by Gasteiger charge is -2.07. The molecule has 0 aliphatic rings. The summed E-state index contributed by atoms with van der Waals surface area (Å²) in [5.41, 5.74) is 4.75. The number of nitrogens with one attached hydrogen (secondary N) is 1. The van der Waals surface area contributed by atoms with Crippen molar-refractivity contribution in [2.24, 2.45) is 10.7 Å². The Bertz CT molecular complexity index is 861. The maximum atomic E-state index is 12.7. The molecule has 0 amide bonds. The van der Waals surface area contributed by atoms with E-state index >= 15 is 0 Å². The van der Waals surface area contributed by atoms with Crippen LogP contribution < -0.4 is 10.5 Å². The van der Waals surface area contributed by atoms with Crippen LogP contribution in [0.5, 0.6) is 0 Å². The molecule has 1 aromatic heterocycles. The van der Waals surface area contributed by atoms with Gasteiger partial charge in [-0.05, 0) is 23.4 Å². The van der Waals surface area contributed by atoms with Gasteiger partial charge in [-0.15, -0.1) is 0 Å². The van der Waals surface area contributed by atoms with E-state index in [1.165, 1.54) is 12.1 Å². The number of hydrogen-bond acceptors (Lipinski definition) is 6. The minimum atomic E-state index is -4.51. The maximum absolute atomic E-state index is 12.7. The molecule has 24 heavy (non-hydrogen) atoms. The van der Waals surface area contributed by atoms with Gasteiger partial charge in [-0.3, -0.25) is 0 Å². The summed E-state index contributed by atoms with van der Waals surface area (Å²) < 4.78 is 66.8. The molecule has 0 aliphatic heterocycles. The first-order valence-electron chi connectivity index (χ1n) is 6.34. The van der Waals surface area contributed by atoms with Crippen LogP contribution in [0.2, 0.25) is 0 Å². The summed E-state index contributed by atoms with van der Waals surface area (Å²) in [6.45, 7) is -0.253. The molecule has 0 radical (unpaired) electrons. The third-order valence-electron chi connectivity index (χ3n) is 2.72. The molecule has 3 N–H and O–H groups in total. The van der Waals surface area contributed by atoms with Gasteiger partial charge in [0, 0.05) is 0 Å². The zero-order chi connectivity index (χ0) is 18.0. The zero-order valence-electron chi connectivity index (χ0n) is 12.2. The van der Waals surface area contributed by atoms with Crippen LogP contribution in [0, 0.1) is 0 Å². The van der Waals surface area contributed by atoms with E-state index in [0.29, 0.717) is 0 Å². The third kappa shape index (κ3) is 4.76. The second-order valence-electron chi connectivity index (χ2n) is 4.70. The second-order valence-corrected chi connectivity index (χ2v) is 6.53. The fraction of sp³-hybridized carbons (Fsp3) is 0.250. The Hall–Kier alpha value is -2.47. The van der Waals surface area contributed by atoms with E-state index in [1.54, 1.807) is 0 Å². The quantitative estimate of drug-likeness (QED) is 0.607. The number of benzene rings is 1. The van der Waals surface area contributed by atoms with E-state index in [1.807, 2.05) is 0 Å². The van der Waals surface area contributed by atoms with Crippen molar-refractivity contribution >= 4 is 21.5 Å². The van der Waals surface area contributed by atoms with Gasteiger partial charge in [-0.1, -0.05) is 11.2 Å². The van der Waals surface area contributed by atoms with E-state index in [9.17, 15) is 21.6 Å². The van der Waals surface area contributed by atoms with Crippen molar-refractivity contribution in [2.75, 3.05) is 6.26 Å². The lowest BCUT2D eigenvalue weighted by molar-refractivity contribution is -0.137. The molecule has 0 bridgehead atoms. The highest BCUT2D eigenvalue weighted by Crippen LogP contribution is 2.31. The first-order chi connectivity index (χ1) is 11.1. The smallest absolute Gasteiger partial charge is 0.382 e. The number of rotatable bonds is 5. The number of hydrogen-bond donors (Lipinski definition) is 2. The van der Waals surface area contributed by atoms with Gasteiger partial charge in [0.05, 0.1) is 24.1 Å². The molecule has 8 nitrogen and oxygen atoms in total. The summed E-state index contributed by atoms with van der Waals surface area (Å²) in [6, 6.07) is 4.22. The molecule has 12 heteroatoms. The summed E-state index contributed by atoms with van der Waals surface area (Å²) in [6.07, 6.45) is -3.57. The Labute approximate surface area is 134 Å². The minimum absolute atomic E-state index is 0.0488. The summed E-state index contributed by atoms with van der Waals surface area (Å²) in [7, 11) is -3.49. The second kappa shape index (κ2) is 6.57. The average molecular weight is 363 g/mol. The molecule has 0 saturated carbocycles. The van der Waals surface area contributed by atoms with Crippen molar-refractivity contribution in [3.63, 3.8) is 0 Å². The largest absolute Gasteiger partial charge is 0.416 e. The highest BCUT2D eigenvalue weighted by molar-refractivity contribution is 7.88. The summed E-state index contributed by atoms with van der Waals surface area (Å²) in [4.78, 5) is 3.84. The number of halogens is 3. The van der Waals surface area contributed by atoms with Gasteiger partial charge in [0.2, 0.25) is 10.0 Å². The Kier molecular flexibility index (Phi) is 4.89. The molecule has 0 aliphatic carbocycles. The fourth-order valence-electron chi connectivity index (χ4n) is 1.66. The number of alkyl halides is 3. The molecule has 0 fully saturated rings. The molecule has 2 rings (SSSR count). The van der Waals surface area contributed by atoms with Gasteiger partial charge >= 0.3 is 6.18 Å². The van der Waals surface area contributed by atoms with E-state index in [2.05, 4.69) is 24.7 Å². The Balaban J connectivity index is 2.28. The maximum Gasteiger partial charge on any atom is 0.416 e. The van der Waals surface area contributed by atoms with Crippen molar-refractivity contribution in [1.82, 2.24) is 15.0 Å². The van der Waals surface area contributed by atoms with Crippen molar-refractivity contribution in [2.45, 2.75) is 12.7 Å². The van der Waals surface area contributed by atoms with Crippen LogP contribution in [-0.4, -0.2) is 30.8 Å². The lowest BCUT2D eigenvalue weighted by atomic mass is 10.2. The van der Waals surface area contributed by atoms with Crippen molar-refractivity contribution in [3.8, 4) is 0 Å². The van der Waals surface area contributed by atoms with E-state index in [-0.39, 0.29) is 29.5 Å². The van der Waals surface area contributed by atoms with Crippen LogP contribution >= 0.6 is 0 Å². The Morgan fingerprint density at radius 1 is 1.38 bits per heavy atom. The van der Waals surface area contributed by atoms with E-state index < -0.39 is 21.8 Å². The van der Waals surface area contributed by atoms with Gasteiger partial charge in [-0.2, -0.15) is 13.2 Å². The van der Waals surface area contributed by atoms with Crippen LogP contribution in [0.4, 0.5) is 18.9 Å². The molecular weight excluding hydrogens is 351 g/mol. The molecule has 0 saturated heterocycles. The SMILES string of the molecule is CS(=O)(=O)NCc1nonc1C(N)=Nc1cccc(C(F)(F)F)c1. The van der Waals surface area contributed by atoms with Gasteiger partial charge in [0.25, 0.3) is 0 Å². The van der Waals surface area contributed by atoms with Crippen LogP contribution in [-0.2, 0) is 22.7 Å². The predicted octanol–water partition coefficient (Wildman–Crippen LogP) is 1.17. The van der Waals surface area contributed by atoms with Crippen molar-refractivity contribution in [3.05, 3.63) is 41.2 Å². The molecule has 0 atom stereocenters. The zero-order valence-corrected chi connectivity index (χ0v) is 13.0. The molecule has 2 aromatic rings. The molecule has 130 valence electrons. The highest BCUT2D eigenvalue weighted by atomic mass is 32.2. The monoisotopic (exact) mass is 363 g/mol. The number of aliphatic imine (C=N–C) groups is 1. The van der Waals surface area contributed by atoms with Crippen LogP contribution in [0.25, 0.3) is 0 Å². The Morgan fingerprint density at radius 2 is 2.08 bits per heavy atom. The normalized spacial score (nSPS) is 13.2. The average Bonchev–Trinajstić information content (AvgIpc) is 2.92. The number of aromatic nitrogens is 2. The van der Waals surface area contributed by atoms with Crippen LogP contribution in [0.3, 0.4) is 0 Å².